The molecule has 1 amide bonds. The smallest absolute Gasteiger partial charge is 0.292 e. The number of fused-ring (bicyclic) bond motifs is 1. The number of carbonyl (C=O) groups excluding carboxylic acids is 1. The highest BCUT2D eigenvalue weighted by atomic mass is 35.5. The minimum Gasteiger partial charge on any atom is -0.331 e. The van der Waals surface area contributed by atoms with Crippen molar-refractivity contribution in [2.75, 3.05) is 4.31 Å². The second kappa shape index (κ2) is 8.40. The maximum atomic E-state index is 13.0. The zero-order valence-electron chi connectivity index (χ0n) is 18.0. The molecule has 4 aromatic rings. The molecule has 0 unspecified atom stereocenters. The van der Waals surface area contributed by atoms with Crippen LogP contribution in [0.15, 0.2) is 42.6 Å². The molecule has 10 heteroatoms. The molecule has 2 heterocycles. The molecule has 8 nitrogen and oxygen atoms in total. The summed E-state index contributed by atoms with van der Waals surface area (Å²) >= 11 is 6.62. The first kappa shape index (κ1) is 22.0. The van der Waals surface area contributed by atoms with Gasteiger partial charge in [0, 0.05) is 13.2 Å². The number of aryl methyl sites for hydroxylation is 4. The Morgan fingerprint density at radius 1 is 1.03 bits per heavy atom. The number of aromatic nitrogens is 4. The molecule has 0 radical (unpaired) electrons. The topological polar surface area (TPSA) is 90.1 Å². The normalized spacial score (nSPS) is 11.4. The van der Waals surface area contributed by atoms with E-state index in [1.165, 1.54) is 0 Å². The molecule has 0 spiro atoms. The zero-order chi connectivity index (χ0) is 23.2. The van der Waals surface area contributed by atoms with Gasteiger partial charge in [0.15, 0.2) is 0 Å². The van der Waals surface area contributed by atoms with E-state index in [0.717, 1.165) is 26.8 Å². The minimum atomic E-state index is -3.18. The minimum absolute atomic E-state index is 0.0353. The summed E-state index contributed by atoms with van der Waals surface area (Å²) in [5.74, 6) is 0.703. The number of halogens is 1. The number of rotatable bonds is 5. The van der Waals surface area contributed by atoms with Gasteiger partial charge in [0.25, 0.3) is 5.91 Å². The monoisotopic (exact) mass is 471 g/mol. The molecule has 0 saturated heterocycles. The highest BCUT2D eigenvalue weighted by Crippen LogP contribution is 2.28. The molecule has 0 saturated carbocycles. The average Bonchev–Trinajstić information content (AvgIpc) is 3.25. The van der Waals surface area contributed by atoms with Gasteiger partial charge in [0.2, 0.25) is 10.9 Å². The Labute approximate surface area is 192 Å². The first-order valence-corrected chi connectivity index (χ1v) is 11.4. The summed E-state index contributed by atoms with van der Waals surface area (Å²) < 4.78 is 28.2. The van der Waals surface area contributed by atoms with Crippen LogP contribution in [-0.2, 0) is 24.5 Å². The Hall–Kier alpha value is -3.17. The first-order chi connectivity index (χ1) is 15.2. The number of amides is 1. The lowest BCUT2D eigenvalue weighted by atomic mass is 10.2. The lowest BCUT2D eigenvalue weighted by Crippen LogP contribution is -2.29. The van der Waals surface area contributed by atoms with Crippen LogP contribution >= 0.6 is 11.6 Å². The molecule has 0 aliphatic heterocycles. The Kier molecular flexibility index (Phi) is 5.79. The van der Waals surface area contributed by atoms with E-state index in [1.54, 1.807) is 42.0 Å². The van der Waals surface area contributed by atoms with E-state index < -0.39 is 16.8 Å². The van der Waals surface area contributed by atoms with Crippen LogP contribution in [0.1, 0.15) is 33.3 Å². The van der Waals surface area contributed by atoms with E-state index in [9.17, 15) is 13.2 Å². The van der Waals surface area contributed by atoms with Gasteiger partial charge in [0.1, 0.15) is 22.9 Å². The van der Waals surface area contributed by atoms with Crippen molar-refractivity contribution in [3.63, 3.8) is 0 Å². The van der Waals surface area contributed by atoms with Crippen LogP contribution < -0.4 is 4.31 Å². The molecule has 0 bridgehead atoms. The number of nitrogens with zero attached hydrogens (tertiary/aromatic N) is 5. The number of carbonyl (C=O) groups is 1. The van der Waals surface area contributed by atoms with Crippen LogP contribution in [0.5, 0.6) is 0 Å². The number of benzene rings is 2. The average molecular weight is 472 g/mol. The van der Waals surface area contributed by atoms with Crippen LogP contribution in [0.3, 0.4) is 0 Å². The van der Waals surface area contributed by atoms with Crippen LogP contribution in [0.4, 0.5) is 5.69 Å². The van der Waals surface area contributed by atoms with E-state index in [2.05, 4.69) is 9.97 Å². The van der Waals surface area contributed by atoms with E-state index >= 15 is 0 Å². The van der Waals surface area contributed by atoms with Gasteiger partial charge in [-0.1, -0.05) is 35.4 Å². The fourth-order valence-electron chi connectivity index (χ4n) is 3.54. The zero-order valence-corrected chi connectivity index (χ0v) is 19.7. The van der Waals surface area contributed by atoms with Gasteiger partial charge < -0.3 is 9.13 Å². The molecule has 166 valence electrons. The van der Waals surface area contributed by atoms with Gasteiger partial charge in [0.05, 0.1) is 22.8 Å². The largest absolute Gasteiger partial charge is 0.331 e. The van der Waals surface area contributed by atoms with Crippen LogP contribution in [0.25, 0.3) is 11.0 Å². The SMILES string of the molecule is Cc1ccc(N(C(=O)c2cn(Cc3ccc4c(nc(C)n4C)c3Cl)c(C)n2)[SH](=O)=O)cc1. The third-order valence-electron chi connectivity index (χ3n) is 5.47. The summed E-state index contributed by atoms with van der Waals surface area (Å²) in [7, 11) is -1.25. The number of hydrogen-bond acceptors (Lipinski definition) is 5. The number of thiol groups is 1. The fraction of sp³-hybridized carbons (Fsp3) is 0.227. The van der Waals surface area contributed by atoms with E-state index in [1.807, 2.05) is 37.6 Å². The van der Waals surface area contributed by atoms with Crippen LogP contribution in [0, 0.1) is 20.8 Å². The third kappa shape index (κ3) is 3.89. The summed E-state index contributed by atoms with van der Waals surface area (Å²) in [5.41, 5.74) is 3.73. The lowest BCUT2D eigenvalue weighted by Gasteiger charge is -2.14. The first-order valence-electron chi connectivity index (χ1n) is 9.87. The molecule has 0 N–H and O–H groups in total. The Bertz CT molecular complexity index is 1410. The molecule has 2 aromatic heterocycles. The molecular weight excluding hydrogens is 450 g/mol. The van der Waals surface area contributed by atoms with Crippen molar-refractivity contribution in [3.8, 4) is 0 Å². The van der Waals surface area contributed by atoms with Gasteiger partial charge in [-0.25, -0.2) is 22.7 Å². The van der Waals surface area contributed by atoms with Crippen molar-refractivity contribution in [1.29, 1.82) is 0 Å². The number of anilines is 1. The summed E-state index contributed by atoms with van der Waals surface area (Å²) in [5, 5.41) is 0.538. The summed E-state index contributed by atoms with van der Waals surface area (Å²) in [6, 6.07) is 10.5. The van der Waals surface area contributed by atoms with Crippen molar-refractivity contribution in [2.45, 2.75) is 27.3 Å². The van der Waals surface area contributed by atoms with Gasteiger partial charge in [-0.3, -0.25) is 4.79 Å². The van der Waals surface area contributed by atoms with Crippen molar-refractivity contribution in [2.24, 2.45) is 7.05 Å². The molecule has 2 aromatic carbocycles. The molecule has 4 rings (SSSR count). The molecule has 0 fully saturated rings. The van der Waals surface area contributed by atoms with Crippen molar-refractivity contribution in [1.82, 2.24) is 19.1 Å². The number of imidazole rings is 2. The van der Waals surface area contributed by atoms with Gasteiger partial charge >= 0.3 is 0 Å². The summed E-state index contributed by atoms with van der Waals surface area (Å²) in [6.45, 7) is 5.91. The molecule has 0 atom stereocenters. The second-order valence-electron chi connectivity index (χ2n) is 7.62. The molecule has 0 aliphatic carbocycles. The van der Waals surface area contributed by atoms with Gasteiger partial charge in [-0.2, -0.15) is 0 Å². The predicted octanol–water partition coefficient (Wildman–Crippen LogP) is 3.57. The Morgan fingerprint density at radius 3 is 2.38 bits per heavy atom. The maximum Gasteiger partial charge on any atom is 0.292 e. The van der Waals surface area contributed by atoms with Crippen molar-refractivity contribution >= 4 is 45.1 Å². The van der Waals surface area contributed by atoms with Crippen LogP contribution in [-0.4, -0.2) is 33.4 Å². The summed E-state index contributed by atoms with van der Waals surface area (Å²) in [6.07, 6.45) is 1.54. The molecular formula is C22H22ClN5O3S. The highest BCUT2D eigenvalue weighted by molar-refractivity contribution is 7.75. The maximum absolute atomic E-state index is 13.0. The Morgan fingerprint density at radius 2 is 1.72 bits per heavy atom. The summed E-state index contributed by atoms with van der Waals surface area (Å²) in [4.78, 5) is 21.8. The third-order valence-corrected chi connectivity index (χ3v) is 6.63. The van der Waals surface area contributed by atoms with Gasteiger partial charge in [-0.15, -0.1) is 0 Å². The standard InChI is InChI=1S/C22H22ClN5O3S/c1-13-5-8-17(9-6-13)28(32(30)31)22(29)18-12-27(15(3)24-18)11-16-7-10-19-21(20(16)23)25-14(2)26(19)4/h5-10,12,32H,11H2,1-4H3. The van der Waals surface area contributed by atoms with Crippen molar-refractivity contribution < 1.29 is 13.2 Å². The second-order valence-corrected chi connectivity index (χ2v) is 8.87. The Balaban J connectivity index is 1.67. The quantitative estimate of drug-likeness (QED) is 0.449. The highest BCUT2D eigenvalue weighted by Gasteiger charge is 2.24. The molecule has 32 heavy (non-hydrogen) atoms. The van der Waals surface area contributed by atoms with E-state index in [-0.39, 0.29) is 11.4 Å². The van der Waals surface area contributed by atoms with Crippen LogP contribution in [0.2, 0.25) is 5.02 Å². The van der Waals surface area contributed by atoms with Crippen molar-refractivity contribution in [3.05, 3.63) is 76.1 Å². The van der Waals surface area contributed by atoms with Gasteiger partial charge in [-0.05, 0) is 44.5 Å². The number of hydrogen-bond donors (Lipinski definition) is 1. The molecule has 0 aliphatic rings. The van der Waals surface area contributed by atoms with E-state index in [4.69, 9.17) is 11.6 Å². The van der Waals surface area contributed by atoms with E-state index in [0.29, 0.717) is 22.9 Å². The lowest BCUT2D eigenvalue weighted by molar-refractivity contribution is 0.100. The fourth-order valence-corrected chi connectivity index (χ4v) is 4.38. The predicted molar refractivity (Wildman–Crippen MR) is 125 cm³/mol.